The molecular weight excluding hydrogens is 254 g/mol. The maximum absolute atomic E-state index is 11.1. The van der Waals surface area contributed by atoms with Gasteiger partial charge in [-0.05, 0) is 26.2 Å². The molecule has 0 aromatic rings. The maximum atomic E-state index is 11.1. The number of ketones is 2. The van der Waals surface area contributed by atoms with Gasteiger partial charge in [-0.15, -0.1) is 0 Å². The second-order valence-corrected chi connectivity index (χ2v) is 4.49. The van der Waals surface area contributed by atoms with E-state index in [0.29, 0.717) is 37.9 Å². The first-order valence-electron chi connectivity index (χ1n) is 7.44. The van der Waals surface area contributed by atoms with E-state index in [9.17, 15) is 9.59 Å². The fraction of sp³-hybridized carbons (Fsp3) is 0.733. The van der Waals surface area contributed by atoms with Crippen molar-refractivity contribution < 1.29 is 9.59 Å². The van der Waals surface area contributed by atoms with E-state index in [2.05, 4.69) is 0 Å². The van der Waals surface area contributed by atoms with Crippen molar-refractivity contribution in [3.8, 4) is 0 Å². The molecule has 0 amide bonds. The number of rotatable bonds is 10. The molecule has 0 fully saturated rings. The summed E-state index contributed by atoms with van der Waals surface area (Å²) in [5.74, 6) is 6.14. The van der Waals surface area contributed by atoms with Crippen LogP contribution in [0.15, 0.2) is 11.9 Å². The van der Waals surface area contributed by atoms with Crippen molar-refractivity contribution >= 4 is 11.6 Å². The summed E-state index contributed by atoms with van der Waals surface area (Å²) in [4.78, 5) is 21.9. The van der Waals surface area contributed by atoms with E-state index in [1.165, 1.54) is 5.01 Å². The molecule has 0 unspecified atom stereocenters. The minimum absolute atomic E-state index is 0.201. The molecule has 4 N–H and O–H groups in total. The molecule has 0 aliphatic heterocycles. The summed E-state index contributed by atoms with van der Waals surface area (Å²) < 4.78 is 0. The normalized spacial score (nSPS) is 10.6. The quantitative estimate of drug-likeness (QED) is 0.366. The van der Waals surface area contributed by atoms with Crippen LogP contribution >= 0.6 is 0 Å². The van der Waals surface area contributed by atoms with Crippen LogP contribution in [-0.4, -0.2) is 23.1 Å². The number of carbonyl (C=O) groups excluding carboxylic acids is 2. The third-order valence-corrected chi connectivity index (χ3v) is 2.61. The zero-order valence-electron chi connectivity index (χ0n) is 13.4. The number of nitrogens with zero attached hydrogens (tertiary/aromatic N) is 1. The zero-order chi connectivity index (χ0) is 16.0. The van der Waals surface area contributed by atoms with E-state index in [1.807, 2.05) is 20.8 Å². The summed E-state index contributed by atoms with van der Waals surface area (Å²) in [5.41, 5.74) is 6.38. The predicted octanol–water partition coefficient (Wildman–Crippen LogP) is 2.51. The summed E-state index contributed by atoms with van der Waals surface area (Å²) in [6.45, 7) is 8.09. The van der Waals surface area contributed by atoms with Gasteiger partial charge >= 0.3 is 0 Å². The van der Waals surface area contributed by atoms with Crippen molar-refractivity contribution in [2.75, 3.05) is 6.54 Å². The fourth-order valence-corrected chi connectivity index (χ4v) is 1.47. The lowest BCUT2D eigenvalue weighted by molar-refractivity contribution is -0.119. The number of hydrogen-bond acceptors (Lipinski definition) is 5. The first kappa shape index (κ1) is 20.9. The number of unbranched alkanes of at least 4 members (excludes halogenated alkanes) is 1. The minimum atomic E-state index is 0.201. The molecule has 0 atom stereocenters. The molecule has 0 aromatic heterocycles. The van der Waals surface area contributed by atoms with E-state index in [-0.39, 0.29) is 11.6 Å². The Kier molecular flexibility index (Phi) is 14.7. The molecule has 0 saturated carbocycles. The number of nitrogens with two attached hydrogens (primary N) is 2. The Bertz CT molecular complexity index is 301. The van der Waals surface area contributed by atoms with Crippen LogP contribution in [0.5, 0.6) is 0 Å². The van der Waals surface area contributed by atoms with Gasteiger partial charge in [-0.2, -0.15) is 0 Å². The molecule has 0 rings (SSSR count). The van der Waals surface area contributed by atoms with Crippen LogP contribution in [0.4, 0.5) is 0 Å². The van der Waals surface area contributed by atoms with Gasteiger partial charge in [0.05, 0.1) is 0 Å². The second kappa shape index (κ2) is 14.1. The van der Waals surface area contributed by atoms with Crippen molar-refractivity contribution in [3.63, 3.8) is 0 Å². The van der Waals surface area contributed by atoms with Crippen LogP contribution in [-0.2, 0) is 9.59 Å². The lowest BCUT2D eigenvalue weighted by atomic mass is 10.1. The molecule has 5 heteroatoms. The summed E-state index contributed by atoms with van der Waals surface area (Å²) in [6, 6.07) is 0. The maximum Gasteiger partial charge on any atom is 0.133 e. The van der Waals surface area contributed by atoms with Crippen molar-refractivity contribution in [1.82, 2.24) is 5.01 Å². The molecule has 0 aromatic carbocycles. The minimum Gasteiger partial charge on any atom is -0.401 e. The lowest BCUT2D eigenvalue weighted by Crippen LogP contribution is -2.27. The van der Waals surface area contributed by atoms with E-state index in [4.69, 9.17) is 11.6 Å². The summed E-state index contributed by atoms with van der Waals surface area (Å²) in [7, 11) is 0. The van der Waals surface area contributed by atoms with E-state index in [0.717, 1.165) is 12.8 Å². The molecule has 0 spiro atoms. The van der Waals surface area contributed by atoms with Gasteiger partial charge in [-0.3, -0.25) is 4.79 Å². The highest BCUT2D eigenvalue weighted by atomic mass is 16.1. The first-order valence-corrected chi connectivity index (χ1v) is 7.44. The smallest absolute Gasteiger partial charge is 0.133 e. The average Bonchev–Trinajstić information content (AvgIpc) is 2.43. The molecule has 0 aliphatic carbocycles. The molecular formula is C15H31N3O2. The highest BCUT2D eigenvalue weighted by molar-refractivity contribution is 5.78. The Morgan fingerprint density at radius 3 is 2.20 bits per heavy atom. The SMILES string of the molecule is CC.CCC(=O)CC/C(N)=C/N(N)CCCCC(C)=O. The Labute approximate surface area is 123 Å². The largest absolute Gasteiger partial charge is 0.401 e. The fourth-order valence-electron chi connectivity index (χ4n) is 1.47. The van der Waals surface area contributed by atoms with Crippen LogP contribution in [0.2, 0.25) is 0 Å². The van der Waals surface area contributed by atoms with E-state index < -0.39 is 0 Å². The molecule has 0 radical (unpaired) electrons. The van der Waals surface area contributed by atoms with Gasteiger partial charge in [0.15, 0.2) is 0 Å². The monoisotopic (exact) mass is 285 g/mol. The molecule has 0 heterocycles. The number of carbonyl (C=O) groups is 2. The summed E-state index contributed by atoms with van der Waals surface area (Å²) in [5, 5.41) is 1.52. The molecule has 0 bridgehead atoms. The van der Waals surface area contributed by atoms with E-state index >= 15 is 0 Å². The summed E-state index contributed by atoms with van der Waals surface area (Å²) in [6.07, 6.45) is 5.52. The van der Waals surface area contributed by atoms with Crippen LogP contribution in [0.25, 0.3) is 0 Å². The second-order valence-electron chi connectivity index (χ2n) is 4.49. The zero-order valence-corrected chi connectivity index (χ0v) is 13.4. The lowest BCUT2D eigenvalue weighted by Gasteiger charge is -2.14. The van der Waals surface area contributed by atoms with Crippen LogP contribution in [0.1, 0.15) is 66.2 Å². The van der Waals surface area contributed by atoms with Crippen molar-refractivity contribution in [2.45, 2.75) is 66.2 Å². The van der Waals surface area contributed by atoms with Gasteiger partial charge in [0.25, 0.3) is 0 Å². The predicted molar refractivity (Wildman–Crippen MR) is 83.6 cm³/mol. The third-order valence-electron chi connectivity index (χ3n) is 2.61. The topological polar surface area (TPSA) is 89.4 Å². The van der Waals surface area contributed by atoms with Crippen LogP contribution < -0.4 is 11.6 Å². The Morgan fingerprint density at radius 1 is 1.10 bits per heavy atom. The van der Waals surface area contributed by atoms with E-state index in [1.54, 1.807) is 13.1 Å². The standard InChI is InChI=1S/C13H25N3O2.C2H6/c1-3-13(18)8-7-12(14)10-16(15)9-5-4-6-11(2)17;1-2/h10H,3-9,14-15H2,1-2H3;1-2H3/b12-10-;. The van der Waals surface area contributed by atoms with Gasteiger partial charge in [0, 0.05) is 37.7 Å². The summed E-state index contributed by atoms with van der Waals surface area (Å²) >= 11 is 0. The van der Waals surface area contributed by atoms with Crippen LogP contribution in [0.3, 0.4) is 0 Å². The molecule has 118 valence electrons. The van der Waals surface area contributed by atoms with Gasteiger partial charge in [0.1, 0.15) is 11.6 Å². The number of hydrazine groups is 1. The Balaban J connectivity index is 0. The van der Waals surface area contributed by atoms with Gasteiger partial charge in [-0.25, -0.2) is 5.84 Å². The van der Waals surface area contributed by atoms with Gasteiger partial charge in [-0.1, -0.05) is 20.8 Å². The van der Waals surface area contributed by atoms with Crippen molar-refractivity contribution in [3.05, 3.63) is 11.9 Å². The first-order chi connectivity index (χ1) is 9.45. The third kappa shape index (κ3) is 14.7. The number of allylic oxidation sites excluding steroid dienone is 1. The molecule has 5 nitrogen and oxygen atoms in total. The molecule has 0 aliphatic rings. The van der Waals surface area contributed by atoms with Gasteiger partial charge < -0.3 is 15.5 Å². The Hall–Kier alpha value is -1.36. The Morgan fingerprint density at radius 2 is 1.70 bits per heavy atom. The van der Waals surface area contributed by atoms with Crippen molar-refractivity contribution in [2.24, 2.45) is 11.6 Å². The highest BCUT2D eigenvalue weighted by Crippen LogP contribution is 2.03. The van der Waals surface area contributed by atoms with Crippen molar-refractivity contribution in [1.29, 1.82) is 0 Å². The molecule has 0 saturated heterocycles. The highest BCUT2D eigenvalue weighted by Gasteiger charge is 2.01. The number of hydrogen-bond donors (Lipinski definition) is 2. The average molecular weight is 285 g/mol. The van der Waals surface area contributed by atoms with Gasteiger partial charge in [0.2, 0.25) is 0 Å². The molecule has 20 heavy (non-hydrogen) atoms. The van der Waals surface area contributed by atoms with Crippen LogP contribution in [0, 0.1) is 0 Å². The number of Topliss-reactive ketones (excluding diaryl/α,β-unsaturated/α-hetero) is 2.